The molecule has 4 nitrogen and oxygen atoms in total. The fourth-order valence-electron chi connectivity index (χ4n) is 2.78. The zero-order valence-electron chi connectivity index (χ0n) is 11.1. The summed E-state index contributed by atoms with van der Waals surface area (Å²) in [5, 5.41) is 3.30. The number of fused-ring (bicyclic) bond motifs is 1. The van der Waals surface area contributed by atoms with Gasteiger partial charge in [0.25, 0.3) is 0 Å². The van der Waals surface area contributed by atoms with Gasteiger partial charge < -0.3 is 5.32 Å². The molecule has 19 heavy (non-hydrogen) atoms. The van der Waals surface area contributed by atoms with Crippen molar-refractivity contribution in [2.45, 2.75) is 32.1 Å². The lowest BCUT2D eigenvalue weighted by atomic mass is 9.84. The van der Waals surface area contributed by atoms with Gasteiger partial charge in [0.1, 0.15) is 5.82 Å². The van der Waals surface area contributed by atoms with Crippen LogP contribution in [0.3, 0.4) is 0 Å². The van der Waals surface area contributed by atoms with Gasteiger partial charge in [-0.1, -0.05) is 6.07 Å². The predicted molar refractivity (Wildman–Crippen MR) is 75.2 cm³/mol. The molecule has 0 amide bonds. The molecule has 0 saturated carbocycles. The standard InChI is InChI=1S/C15H18N4/c1-2-16-15-14(18-9-10-19-15)12-7-3-5-11-6-4-8-17-13(11)12/h4,6,8-10,12H,2-3,5,7H2,1H3,(H,16,19). The van der Waals surface area contributed by atoms with Crippen molar-refractivity contribution in [1.82, 2.24) is 15.0 Å². The summed E-state index contributed by atoms with van der Waals surface area (Å²) in [6.45, 7) is 2.93. The number of nitrogens with one attached hydrogen (secondary N) is 1. The molecule has 2 aromatic rings. The number of hydrogen-bond donors (Lipinski definition) is 1. The minimum atomic E-state index is 0.271. The fourth-order valence-corrected chi connectivity index (χ4v) is 2.78. The van der Waals surface area contributed by atoms with E-state index in [1.165, 1.54) is 17.7 Å². The first-order valence-corrected chi connectivity index (χ1v) is 6.88. The largest absolute Gasteiger partial charge is 0.369 e. The Morgan fingerprint density at radius 3 is 2.89 bits per heavy atom. The first kappa shape index (κ1) is 12.1. The lowest BCUT2D eigenvalue weighted by Gasteiger charge is -2.24. The third-order valence-corrected chi connectivity index (χ3v) is 3.60. The molecule has 0 radical (unpaired) electrons. The average Bonchev–Trinajstić information content (AvgIpc) is 2.48. The third-order valence-electron chi connectivity index (χ3n) is 3.60. The maximum atomic E-state index is 4.58. The van der Waals surface area contributed by atoms with Crippen LogP contribution >= 0.6 is 0 Å². The Bertz CT molecular complexity index is 568. The summed E-state index contributed by atoms with van der Waals surface area (Å²) >= 11 is 0. The lowest BCUT2D eigenvalue weighted by molar-refractivity contribution is 0.587. The molecule has 0 spiro atoms. The van der Waals surface area contributed by atoms with E-state index in [-0.39, 0.29) is 5.92 Å². The summed E-state index contributed by atoms with van der Waals surface area (Å²) in [5.41, 5.74) is 3.56. The van der Waals surface area contributed by atoms with Crippen LogP contribution in [0.5, 0.6) is 0 Å². The highest BCUT2D eigenvalue weighted by Gasteiger charge is 2.26. The molecule has 2 heterocycles. The Morgan fingerprint density at radius 2 is 2.00 bits per heavy atom. The Balaban J connectivity index is 2.04. The van der Waals surface area contributed by atoms with E-state index < -0.39 is 0 Å². The van der Waals surface area contributed by atoms with Crippen LogP contribution in [0.4, 0.5) is 5.82 Å². The van der Waals surface area contributed by atoms with Gasteiger partial charge >= 0.3 is 0 Å². The van der Waals surface area contributed by atoms with Gasteiger partial charge in [0, 0.05) is 31.1 Å². The van der Waals surface area contributed by atoms with Crippen LogP contribution < -0.4 is 5.32 Å². The van der Waals surface area contributed by atoms with E-state index in [9.17, 15) is 0 Å². The van der Waals surface area contributed by atoms with E-state index in [0.717, 1.165) is 30.9 Å². The van der Waals surface area contributed by atoms with Crippen molar-refractivity contribution >= 4 is 5.82 Å². The monoisotopic (exact) mass is 254 g/mol. The minimum absolute atomic E-state index is 0.271. The second-order valence-electron chi connectivity index (χ2n) is 4.81. The van der Waals surface area contributed by atoms with Gasteiger partial charge in [-0.3, -0.25) is 9.97 Å². The summed E-state index contributed by atoms with van der Waals surface area (Å²) in [6, 6.07) is 4.20. The van der Waals surface area contributed by atoms with Crippen LogP contribution in [-0.2, 0) is 6.42 Å². The van der Waals surface area contributed by atoms with E-state index in [1.807, 2.05) is 12.3 Å². The highest BCUT2D eigenvalue weighted by atomic mass is 15.0. The Hall–Kier alpha value is -1.97. The first-order valence-electron chi connectivity index (χ1n) is 6.88. The van der Waals surface area contributed by atoms with Gasteiger partial charge in [-0.2, -0.15) is 0 Å². The zero-order chi connectivity index (χ0) is 13.1. The minimum Gasteiger partial charge on any atom is -0.369 e. The molecule has 98 valence electrons. The van der Waals surface area contributed by atoms with E-state index in [4.69, 9.17) is 0 Å². The number of aromatic nitrogens is 3. The maximum absolute atomic E-state index is 4.58. The molecule has 2 aromatic heterocycles. The molecule has 1 aliphatic carbocycles. The molecule has 1 N–H and O–H groups in total. The van der Waals surface area contributed by atoms with Crippen molar-refractivity contribution in [1.29, 1.82) is 0 Å². The number of rotatable bonds is 3. The van der Waals surface area contributed by atoms with E-state index in [0.29, 0.717) is 0 Å². The topological polar surface area (TPSA) is 50.7 Å². The van der Waals surface area contributed by atoms with E-state index >= 15 is 0 Å². The van der Waals surface area contributed by atoms with Crippen molar-refractivity contribution in [2.24, 2.45) is 0 Å². The number of pyridine rings is 1. The Morgan fingerprint density at radius 1 is 1.16 bits per heavy atom. The highest BCUT2D eigenvalue weighted by molar-refractivity contribution is 5.46. The maximum Gasteiger partial charge on any atom is 0.148 e. The molecule has 3 rings (SSSR count). The van der Waals surface area contributed by atoms with Crippen LogP contribution in [-0.4, -0.2) is 21.5 Å². The molecule has 0 aliphatic heterocycles. The molecule has 1 atom stereocenters. The number of aryl methyl sites for hydroxylation is 1. The summed E-state index contributed by atoms with van der Waals surface area (Å²) in [5.74, 6) is 1.17. The molecule has 4 heteroatoms. The second-order valence-corrected chi connectivity index (χ2v) is 4.81. The van der Waals surface area contributed by atoms with E-state index in [1.54, 1.807) is 12.4 Å². The summed E-state index contributed by atoms with van der Waals surface area (Å²) < 4.78 is 0. The summed E-state index contributed by atoms with van der Waals surface area (Å²) in [4.78, 5) is 13.6. The quantitative estimate of drug-likeness (QED) is 0.915. The van der Waals surface area contributed by atoms with Crippen molar-refractivity contribution < 1.29 is 0 Å². The molecule has 1 aliphatic rings. The van der Waals surface area contributed by atoms with Crippen LogP contribution in [0.2, 0.25) is 0 Å². The third kappa shape index (κ3) is 2.30. The Kier molecular flexibility index (Phi) is 3.40. The van der Waals surface area contributed by atoms with Gasteiger partial charge in [-0.05, 0) is 37.8 Å². The molecule has 0 bridgehead atoms. The van der Waals surface area contributed by atoms with Crippen LogP contribution in [0.15, 0.2) is 30.7 Å². The number of hydrogen-bond acceptors (Lipinski definition) is 4. The van der Waals surface area contributed by atoms with Gasteiger partial charge in [0.05, 0.1) is 11.4 Å². The number of anilines is 1. The SMILES string of the molecule is CCNc1nccnc1C1CCCc2cccnc21. The van der Waals surface area contributed by atoms with Crippen molar-refractivity contribution in [3.63, 3.8) is 0 Å². The second kappa shape index (κ2) is 5.34. The summed E-state index contributed by atoms with van der Waals surface area (Å²) in [7, 11) is 0. The van der Waals surface area contributed by atoms with Crippen LogP contribution in [0, 0.1) is 0 Å². The lowest BCUT2D eigenvalue weighted by Crippen LogP contribution is -2.16. The smallest absolute Gasteiger partial charge is 0.148 e. The molecular formula is C15H18N4. The molecular weight excluding hydrogens is 236 g/mol. The molecule has 1 unspecified atom stereocenters. The fraction of sp³-hybridized carbons (Fsp3) is 0.400. The number of nitrogens with zero attached hydrogens (tertiary/aromatic N) is 3. The normalized spacial score (nSPS) is 17.8. The molecule has 0 fully saturated rings. The van der Waals surface area contributed by atoms with Crippen LogP contribution in [0.25, 0.3) is 0 Å². The molecule has 0 aromatic carbocycles. The van der Waals surface area contributed by atoms with E-state index in [2.05, 4.69) is 33.3 Å². The van der Waals surface area contributed by atoms with Gasteiger partial charge in [-0.15, -0.1) is 0 Å². The Labute approximate surface area is 113 Å². The van der Waals surface area contributed by atoms with Gasteiger partial charge in [0.2, 0.25) is 0 Å². The first-order chi connectivity index (χ1) is 9.40. The summed E-state index contributed by atoms with van der Waals surface area (Å²) in [6.07, 6.45) is 8.79. The highest BCUT2D eigenvalue weighted by Crippen LogP contribution is 2.36. The van der Waals surface area contributed by atoms with Crippen molar-refractivity contribution in [3.05, 3.63) is 47.7 Å². The van der Waals surface area contributed by atoms with Crippen molar-refractivity contribution in [2.75, 3.05) is 11.9 Å². The van der Waals surface area contributed by atoms with Crippen molar-refractivity contribution in [3.8, 4) is 0 Å². The van der Waals surface area contributed by atoms with Gasteiger partial charge in [0.15, 0.2) is 0 Å². The predicted octanol–water partition coefficient (Wildman–Crippen LogP) is 2.77. The molecule has 0 saturated heterocycles. The zero-order valence-corrected chi connectivity index (χ0v) is 11.1. The van der Waals surface area contributed by atoms with Crippen LogP contribution in [0.1, 0.15) is 42.6 Å². The van der Waals surface area contributed by atoms with Gasteiger partial charge in [-0.25, -0.2) is 4.98 Å². The average molecular weight is 254 g/mol.